The van der Waals surface area contributed by atoms with Gasteiger partial charge < -0.3 is 15.0 Å². The molecule has 152 valence electrons. The summed E-state index contributed by atoms with van der Waals surface area (Å²) in [5.41, 5.74) is 1.18. The highest BCUT2D eigenvalue weighted by Crippen LogP contribution is 2.36. The molecule has 1 N–H and O–H groups in total. The monoisotopic (exact) mass is 388 g/mol. The number of urea groups is 1. The highest BCUT2D eigenvalue weighted by atomic mass is 16.5. The van der Waals surface area contributed by atoms with Crippen molar-refractivity contribution in [3.63, 3.8) is 0 Å². The lowest BCUT2D eigenvalue weighted by atomic mass is 9.85. The predicted molar refractivity (Wildman–Crippen MR) is 105 cm³/mol. The van der Waals surface area contributed by atoms with Crippen molar-refractivity contribution in [2.24, 2.45) is 0 Å². The summed E-state index contributed by atoms with van der Waals surface area (Å²) in [6.45, 7) is 4.58. The summed E-state index contributed by atoms with van der Waals surface area (Å²) >= 11 is 0. The van der Waals surface area contributed by atoms with Gasteiger partial charge in [-0.2, -0.15) is 0 Å². The average Bonchev–Trinajstić information content (AvgIpc) is 2.84. The molecular weight excluding hydrogens is 360 g/mol. The molecular formula is C20H28N4O4. The van der Waals surface area contributed by atoms with E-state index in [1.54, 1.807) is 19.1 Å². The molecule has 2 saturated heterocycles. The fourth-order valence-electron chi connectivity index (χ4n) is 4.09. The van der Waals surface area contributed by atoms with Crippen molar-refractivity contribution in [2.75, 3.05) is 45.7 Å². The molecule has 0 aliphatic carbocycles. The first-order valence-electron chi connectivity index (χ1n) is 9.55. The van der Waals surface area contributed by atoms with Gasteiger partial charge in [-0.25, -0.2) is 4.79 Å². The van der Waals surface area contributed by atoms with Crippen molar-refractivity contribution in [1.29, 1.82) is 0 Å². The van der Waals surface area contributed by atoms with Crippen LogP contribution < -0.4 is 5.32 Å². The van der Waals surface area contributed by atoms with E-state index in [2.05, 4.69) is 10.2 Å². The highest BCUT2D eigenvalue weighted by Gasteiger charge is 2.56. The molecule has 4 amide bonds. The van der Waals surface area contributed by atoms with E-state index in [0.29, 0.717) is 26.0 Å². The number of nitrogens with one attached hydrogen (secondary N) is 1. The topological polar surface area (TPSA) is 82.2 Å². The molecule has 8 nitrogen and oxygen atoms in total. The first-order chi connectivity index (χ1) is 13.4. The Labute approximate surface area is 165 Å². The van der Waals surface area contributed by atoms with Crippen LogP contribution in [-0.4, -0.2) is 78.5 Å². The van der Waals surface area contributed by atoms with Crippen molar-refractivity contribution in [1.82, 2.24) is 14.7 Å². The fourth-order valence-corrected chi connectivity index (χ4v) is 4.09. The molecule has 0 bridgehead atoms. The molecule has 2 fully saturated rings. The standard InChI is InChI=1S/C20H28N4O4/c1-15(25)21-17-6-4-16(5-7-17)14-23-10-8-20(9-11-23)18(26)22(2)19(27)24(20)12-13-28-3/h4-7H,8-14H2,1-3H3,(H,21,25). The zero-order valence-corrected chi connectivity index (χ0v) is 16.7. The predicted octanol–water partition coefficient (Wildman–Crippen LogP) is 1.52. The second kappa shape index (κ2) is 8.28. The lowest BCUT2D eigenvalue weighted by molar-refractivity contribution is -0.135. The number of carbonyl (C=O) groups excluding carboxylic acids is 3. The molecule has 0 saturated carbocycles. The molecule has 1 aromatic carbocycles. The average molecular weight is 388 g/mol. The molecule has 0 radical (unpaired) electrons. The fraction of sp³-hybridized carbons (Fsp3) is 0.550. The summed E-state index contributed by atoms with van der Waals surface area (Å²) in [5.74, 6) is -0.194. The zero-order chi connectivity index (χ0) is 20.3. The Morgan fingerprint density at radius 3 is 2.39 bits per heavy atom. The Morgan fingerprint density at radius 1 is 1.18 bits per heavy atom. The Kier molecular flexibility index (Phi) is 6.00. The number of amides is 4. The quantitative estimate of drug-likeness (QED) is 0.747. The maximum Gasteiger partial charge on any atom is 0.327 e. The first kappa shape index (κ1) is 20.3. The zero-order valence-electron chi connectivity index (χ0n) is 16.7. The van der Waals surface area contributed by atoms with Crippen LogP contribution >= 0.6 is 0 Å². The Hall–Kier alpha value is -2.45. The van der Waals surface area contributed by atoms with Gasteiger partial charge in [0.15, 0.2) is 0 Å². The van der Waals surface area contributed by atoms with Crippen LogP contribution in [0.3, 0.4) is 0 Å². The van der Waals surface area contributed by atoms with Gasteiger partial charge in [0.05, 0.1) is 6.61 Å². The van der Waals surface area contributed by atoms with E-state index < -0.39 is 5.54 Å². The number of anilines is 1. The maximum atomic E-state index is 12.8. The second-order valence-corrected chi connectivity index (χ2v) is 7.48. The van der Waals surface area contributed by atoms with Gasteiger partial charge in [0.2, 0.25) is 5.91 Å². The number of imide groups is 1. The van der Waals surface area contributed by atoms with Crippen molar-refractivity contribution in [3.05, 3.63) is 29.8 Å². The van der Waals surface area contributed by atoms with Crippen molar-refractivity contribution >= 4 is 23.5 Å². The minimum atomic E-state index is -0.740. The van der Waals surface area contributed by atoms with E-state index in [4.69, 9.17) is 4.74 Å². The lowest BCUT2D eigenvalue weighted by Gasteiger charge is -2.42. The summed E-state index contributed by atoms with van der Waals surface area (Å²) in [4.78, 5) is 41.7. The van der Waals surface area contributed by atoms with Crippen molar-refractivity contribution < 1.29 is 19.1 Å². The molecule has 0 unspecified atom stereocenters. The SMILES string of the molecule is COCCN1C(=O)N(C)C(=O)C12CCN(Cc1ccc(NC(C)=O)cc1)CC2. The van der Waals surface area contributed by atoms with Crippen LogP contribution in [0.4, 0.5) is 10.5 Å². The third kappa shape index (κ3) is 3.88. The van der Waals surface area contributed by atoms with E-state index in [-0.39, 0.29) is 17.8 Å². The van der Waals surface area contributed by atoms with Crippen LogP contribution in [0.25, 0.3) is 0 Å². The molecule has 2 aliphatic rings. The van der Waals surface area contributed by atoms with Gasteiger partial charge in [-0.1, -0.05) is 12.1 Å². The number of hydrogen-bond donors (Lipinski definition) is 1. The first-order valence-corrected chi connectivity index (χ1v) is 9.55. The van der Waals surface area contributed by atoms with Crippen LogP contribution in [-0.2, 0) is 20.9 Å². The van der Waals surface area contributed by atoms with Gasteiger partial charge in [-0.15, -0.1) is 0 Å². The van der Waals surface area contributed by atoms with E-state index in [1.165, 1.54) is 11.8 Å². The van der Waals surface area contributed by atoms with Crippen LogP contribution in [0.1, 0.15) is 25.3 Å². The molecule has 1 aromatic rings. The molecule has 2 heterocycles. The van der Waals surface area contributed by atoms with E-state index in [0.717, 1.165) is 30.9 Å². The summed E-state index contributed by atoms with van der Waals surface area (Å²) in [7, 11) is 3.15. The van der Waals surface area contributed by atoms with Crippen LogP contribution in [0.2, 0.25) is 0 Å². The summed E-state index contributed by atoms with van der Waals surface area (Å²) in [6, 6.07) is 7.55. The van der Waals surface area contributed by atoms with Gasteiger partial charge >= 0.3 is 6.03 Å². The highest BCUT2D eigenvalue weighted by molar-refractivity contribution is 6.06. The minimum Gasteiger partial charge on any atom is -0.383 e. The van der Waals surface area contributed by atoms with Crippen LogP contribution in [0.5, 0.6) is 0 Å². The van der Waals surface area contributed by atoms with Crippen LogP contribution in [0.15, 0.2) is 24.3 Å². The summed E-state index contributed by atoms with van der Waals surface area (Å²) in [6.07, 6.45) is 1.24. The Bertz CT molecular complexity index is 741. The molecule has 8 heteroatoms. The number of hydrogen-bond acceptors (Lipinski definition) is 5. The maximum absolute atomic E-state index is 12.8. The number of likely N-dealkylation sites (tertiary alicyclic amines) is 1. The van der Waals surface area contributed by atoms with Gasteiger partial charge in [0.25, 0.3) is 5.91 Å². The molecule has 2 aliphatic heterocycles. The Morgan fingerprint density at radius 2 is 1.82 bits per heavy atom. The lowest BCUT2D eigenvalue weighted by Crippen LogP contribution is -2.57. The normalized spacial score (nSPS) is 19.5. The van der Waals surface area contributed by atoms with Gasteiger partial charge in [-0.3, -0.25) is 19.4 Å². The van der Waals surface area contributed by atoms with E-state index >= 15 is 0 Å². The molecule has 0 atom stereocenters. The molecule has 1 spiro atoms. The second-order valence-electron chi connectivity index (χ2n) is 7.48. The van der Waals surface area contributed by atoms with Gasteiger partial charge in [0.1, 0.15) is 5.54 Å². The van der Waals surface area contributed by atoms with Crippen LogP contribution in [0, 0.1) is 0 Å². The number of rotatable bonds is 6. The number of likely N-dealkylation sites (N-methyl/N-ethyl adjacent to an activating group) is 1. The minimum absolute atomic E-state index is 0.0900. The number of piperidine rings is 1. The molecule has 28 heavy (non-hydrogen) atoms. The smallest absolute Gasteiger partial charge is 0.327 e. The third-order valence-corrected chi connectivity index (χ3v) is 5.62. The number of ether oxygens (including phenoxy) is 1. The van der Waals surface area contributed by atoms with Gasteiger partial charge in [0, 0.05) is 52.9 Å². The van der Waals surface area contributed by atoms with E-state index in [1.807, 2.05) is 24.3 Å². The summed E-state index contributed by atoms with van der Waals surface area (Å²) < 4.78 is 5.13. The summed E-state index contributed by atoms with van der Waals surface area (Å²) in [5, 5.41) is 2.76. The molecule has 3 rings (SSSR count). The largest absolute Gasteiger partial charge is 0.383 e. The number of benzene rings is 1. The van der Waals surface area contributed by atoms with E-state index in [9.17, 15) is 14.4 Å². The number of carbonyl (C=O) groups is 3. The number of methoxy groups -OCH3 is 1. The Balaban J connectivity index is 1.63. The third-order valence-electron chi connectivity index (χ3n) is 5.62. The van der Waals surface area contributed by atoms with Crippen molar-refractivity contribution in [2.45, 2.75) is 31.8 Å². The number of nitrogens with zero attached hydrogens (tertiary/aromatic N) is 3. The molecule has 0 aromatic heterocycles. The van der Waals surface area contributed by atoms with Crippen molar-refractivity contribution in [3.8, 4) is 0 Å². The van der Waals surface area contributed by atoms with Gasteiger partial charge in [-0.05, 0) is 30.5 Å².